The Labute approximate surface area is 165 Å². The summed E-state index contributed by atoms with van der Waals surface area (Å²) in [6, 6.07) is 10.3. The normalized spacial score (nSPS) is 28.3. The van der Waals surface area contributed by atoms with Gasteiger partial charge in [0.25, 0.3) is 0 Å². The van der Waals surface area contributed by atoms with E-state index in [1.165, 1.54) is 6.08 Å². The molecule has 5 nitrogen and oxygen atoms in total. The Morgan fingerprint density at radius 3 is 2.38 bits per heavy atom. The number of benzene rings is 2. The van der Waals surface area contributed by atoms with E-state index in [0.717, 1.165) is 23.1 Å². The number of para-hydroxylation sites is 1. The van der Waals surface area contributed by atoms with Crippen LogP contribution in [0.1, 0.15) is 5.56 Å². The minimum atomic E-state index is -0.872. The van der Waals surface area contributed by atoms with E-state index in [2.05, 4.69) is 0 Å². The van der Waals surface area contributed by atoms with Crippen LogP contribution in [0.2, 0.25) is 0 Å². The van der Waals surface area contributed by atoms with Crippen LogP contribution in [0, 0.1) is 23.5 Å². The van der Waals surface area contributed by atoms with Gasteiger partial charge in [-0.25, -0.2) is 13.7 Å². The van der Waals surface area contributed by atoms with E-state index < -0.39 is 41.5 Å². The van der Waals surface area contributed by atoms with Gasteiger partial charge in [-0.05, 0) is 36.4 Å². The molecule has 0 saturated carbocycles. The van der Waals surface area contributed by atoms with Crippen LogP contribution in [0.3, 0.4) is 0 Å². The van der Waals surface area contributed by atoms with Crippen molar-refractivity contribution >= 4 is 23.3 Å². The SMILES string of the molecule is O=C1C=CC2[C@@H]3C(=O)N(c4ccccc4)C(=O)[C@@H]3C1N2Cc1cc(F)ccc1F. The molecular formula is C22H16F2N2O3. The Morgan fingerprint density at radius 2 is 1.62 bits per heavy atom. The van der Waals surface area contributed by atoms with Crippen molar-refractivity contribution in [2.75, 3.05) is 4.90 Å². The zero-order valence-electron chi connectivity index (χ0n) is 15.2. The second kappa shape index (κ2) is 6.42. The standard InChI is InChI=1S/C22H16F2N2O3/c23-13-6-7-15(24)12(10-13)11-25-16-8-9-17(27)20(25)19-18(16)21(28)26(22(19)29)14-4-2-1-3-5-14/h1-10,16,18-20H,11H2/t16?,18-,19-,20?/m0/s1. The molecule has 5 rings (SSSR count). The number of halogens is 2. The lowest BCUT2D eigenvalue weighted by atomic mass is 9.90. The lowest BCUT2D eigenvalue weighted by molar-refractivity contribution is -0.129. The number of fused-ring (bicyclic) bond motifs is 5. The maximum Gasteiger partial charge on any atom is 0.239 e. The van der Waals surface area contributed by atoms with E-state index >= 15 is 0 Å². The molecule has 3 heterocycles. The second-order valence-electron chi connectivity index (χ2n) is 7.50. The topological polar surface area (TPSA) is 57.7 Å². The van der Waals surface area contributed by atoms with Crippen molar-refractivity contribution in [1.29, 1.82) is 0 Å². The number of anilines is 1. The Bertz CT molecular complexity index is 1070. The fourth-order valence-corrected chi connectivity index (χ4v) is 4.76. The minimum Gasteiger partial charge on any atom is -0.293 e. The number of nitrogens with zero attached hydrogens (tertiary/aromatic N) is 2. The van der Waals surface area contributed by atoms with Crippen molar-refractivity contribution in [2.24, 2.45) is 11.8 Å². The molecule has 2 bridgehead atoms. The maximum atomic E-state index is 14.2. The Kier molecular flexibility index (Phi) is 3.96. The molecule has 146 valence electrons. The summed E-state index contributed by atoms with van der Waals surface area (Å²) in [7, 11) is 0. The highest BCUT2D eigenvalue weighted by atomic mass is 19.1. The molecule has 2 unspecified atom stereocenters. The third kappa shape index (κ3) is 2.57. The van der Waals surface area contributed by atoms with Crippen molar-refractivity contribution < 1.29 is 23.2 Å². The molecule has 0 aromatic heterocycles. The molecule has 0 radical (unpaired) electrons. The van der Waals surface area contributed by atoms with Gasteiger partial charge >= 0.3 is 0 Å². The van der Waals surface area contributed by atoms with E-state index in [4.69, 9.17) is 0 Å². The number of ketones is 1. The highest BCUT2D eigenvalue weighted by Crippen LogP contribution is 2.47. The summed E-state index contributed by atoms with van der Waals surface area (Å²) in [6.45, 7) is -0.0616. The van der Waals surface area contributed by atoms with Crippen molar-refractivity contribution in [3.8, 4) is 0 Å². The number of carbonyl (C=O) groups is 3. The Balaban J connectivity index is 1.53. The third-order valence-electron chi connectivity index (χ3n) is 5.97. The zero-order chi connectivity index (χ0) is 20.3. The lowest BCUT2D eigenvalue weighted by Gasteiger charge is -2.33. The Morgan fingerprint density at radius 1 is 0.897 bits per heavy atom. The second-order valence-corrected chi connectivity index (χ2v) is 7.50. The predicted molar refractivity (Wildman–Crippen MR) is 99.5 cm³/mol. The van der Waals surface area contributed by atoms with Crippen LogP contribution in [-0.2, 0) is 20.9 Å². The first-order chi connectivity index (χ1) is 14.0. The highest BCUT2D eigenvalue weighted by molar-refractivity contribution is 6.24. The van der Waals surface area contributed by atoms with Crippen LogP contribution < -0.4 is 4.90 Å². The maximum absolute atomic E-state index is 14.2. The van der Waals surface area contributed by atoms with Crippen molar-refractivity contribution in [3.63, 3.8) is 0 Å². The summed E-state index contributed by atoms with van der Waals surface area (Å²) in [4.78, 5) is 41.8. The van der Waals surface area contributed by atoms with E-state index in [1.54, 1.807) is 41.3 Å². The first kappa shape index (κ1) is 17.9. The number of amides is 2. The predicted octanol–water partition coefficient (Wildman–Crippen LogP) is 2.46. The van der Waals surface area contributed by atoms with E-state index in [0.29, 0.717) is 5.69 Å². The van der Waals surface area contributed by atoms with Crippen LogP contribution in [0.5, 0.6) is 0 Å². The summed E-state index contributed by atoms with van der Waals surface area (Å²) in [6.07, 6.45) is 2.99. The van der Waals surface area contributed by atoms with E-state index in [1.807, 2.05) is 0 Å². The minimum absolute atomic E-state index is 0.0616. The number of carbonyl (C=O) groups excluding carboxylic acids is 3. The van der Waals surface area contributed by atoms with Crippen LogP contribution in [-0.4, -0.2) is 34.6 Å². The molecule has 3 aliphatic rings. The molecule has 0 N–H and O–H groups in total. The quantitative estimate of drug-likeness (QED) is 0.751. The van der Waals surface area contributed by atoms with Gasteiger partial charge in [0, 0.05) is 18.2 Å². The number of hydrogen-bond acceptors (Lipinski definition) is 4. The van der Waals surface area contributed by atoms with Crippen molar-refractivity contribution in [2.45, 2.75) is 18.6 Å². The Hall–Kier alpha value is -3.19. The molecule has 2 saturated heterocycles. The van der Waals surface area contributed by atoms with Crippen molar-refractivity contribution in [3.05, 3.63) is 77.9 Å². The average Bonchev–Trinajstić information content (AvgIpc) is 3.09. The number of hydrogen-bond donors (Lipinski definition) is 0. The third-order valence-corrected chi connectivity index (χ3v) is 5.97. The van der Waals surface area contributed by atoms with Gasteiger partial charge in [-0.2, -0.15) is 0 Å². The monoisotopic (exact) mass is 394 g/mol. The molecule has 3 aliphatic heterocycles. The van der Waals surface area contributed by atoms with Gasteiger partial charge in [0.2, 0.25) is 11.8 Å². The summed E-state index contributed by atoms with van der Waals surface area (Å²) in [5.41, 5.74) is 0.553. The molecule has 2 amide bonds. The lowest BCUT2D eigenvalue weighted by Crippen LogP contribution is -2.48. The van der Waals surface area contributed by atoms with Crippen LogP contribution in [0.25, 0.3) is 0 Å². The largest absolute Gasteiger partial charge is 0.293 e. The van der Waals surface area contributed by atoms with Gasteiger partial charge in [0.1, 0.15) is 11.6 Å². The highest BCUT2D eigenvalue weighted by Gasteiger charge is 2.64. The molecule has 2 aromatic carbocycles. The number of rotatable bonds is 3. The van der Waals surface area contributed by atoms with Gasteiger partial charge in [-0.1, -0.05) is 24.3 Å². The summed E-state index contributed by atoms with van der Waals surface area (Å²) < 4.78 is 27.8. The average molecular weight is 394 g/mol. The van der Waals surface area contributed by atoms with Gasteiger partial charge < -0.3 is 0 Å². The molecule has 0 spiro atoms. The molecule has 2 aromatic rings. The fraction of sp³-hybridized carbons (Fsp3) is 0.227. The van der Waals surface area contributed by atoms with Gasteiger partial charge in [0.15, 0.2) is 5.78 Å². The molecule has 2 fully saturated rings. The van der Waals surface area contributed by atoms with E-state index in [9.17, 15) is 23.2 Å². The summed E-state index contributed by atoms with van der Waals surface area (Å²) in [5.74, 6) is -3.86. The molecule has 7 heteroatoms. The van der Waals surface area contributed by atoms with Gasteiger partial charge in [-0.15, -0.1) is 0 Å². The zero-order valence-corrected chi connectivity index (χ0v) is 15.2. The van der Waals surface area contributed by atoms with Crippen molar-refractivity contribution in [1.82, 2.24) is 4.90 Å². The van der Waals surface area contributed by atoms with Crippen LogP contribution in [0.15, 0.2) is 60.7 Å². The molecule has 29 heavy (non-hydrogen) atoms. The van der Waals surface area contributed by atoms with Gasteiger partial charge in [-0.3, -0.25) is 19.3 Å². The van der Waals surface area contributed by atoms with Crippen LogP contribution in [0.4, 0.5) is 14.5 Å². The fourth-order valence-electron chi connectivity index (χ4n) is 4.76. The number of imide groups is 1. The summed E-state index contributed by atoms with van der Waals surface area (Å²) in [5, 5.41) is 0. The summed E-state index contributed by atoms with van der Waals surface area (Å²) >= 11 is 0. The van der Waals surface area contributed by atoms with Gasteiger partial charge in [0.05, 0.1) is 23.6 Å². The first-order valence-corrected chi connectivity index (χ1v) is 9.32. The molecule has 4 atom stereocenters. The smallest absolute Gasteiger partial charge is 0.239 e. The first-order valence-electron chi connectivity index (χ1n) is 9.32. The molecular weight excluding hydrogens is 378 g/mol. The van der Waals surface area contributed by atoms with E-state index in [-0.39, 0.29) is 23.8 Å². The molecule has 0 aliphatic carbocycles. The van der Waals surface area contributed by atoms with Crippen LogP contribution >= 0.6 is 0 Å².